The van der Waals surface area contributed by atoms with Gasteiger partial charge >= 0.3 is 23.9 Å². The van der Waals surface area contributed by atoms with Crippen molar-refractivity contribution in [3.05, 3.63) is 71.8 Å². The maximum absolute atomic E-state index is 12.4. The summed E-state index contributed by atoms with van der Waals surface area (Å²) in [6.07, 6.45) is -12.7. The average Bonchev–Trinajstić information content (AvgIpc) is 3.08. The lowest BCUT2D eigenvalue weighted by molar-refractivity contribution is -0.351. The Bertz CT molecular complexity index is 1490. The Morgan fingerprint density at radius 2 is 1.15 bits per heavy atom. The number of aliphatic hydroxyl groups is 1. The lowest BCUT2D eigenvalue weighted by Crippen LogP contribution is -2.68. The second-order valence-corrected chi connectivity index (χ2v) is 12.2. The maximum Gasteiger partial charge on any atom is 0.303 e. The monoisotopic (exact) mass is 731 g/mol. The second-order valence-electron chi connectivity index (χ2n) is 12.2. The van der Waals surface area contributed by atoms with E-state index in [1.165, 1.54) is 6.92 Å². The largest absolute Gasteiger partial charge is 0.463 e. The van der Waals surface area contributed by atoms with Gasteiger partial charge in [-0.25, -0.2) is 0 Å². The Hall–Kier alpha value is -4.45. The molecule has 2 saturated heterocycles. The fourth-order valence-electron chi connectivity index (χ4n) is 5.83. The van der Waals surface area contributed by atoms with E-state index in [2.05, 4.69) is 5.32 Å². The summed E-state index contributed by atoms with van der Waals surface area (Å²) in [5.41, 5.74) is 1.65. The number of hydrogen-bond acceptors (Lipinski definition) is 15. The van der Waals surface area contributed by atoms with Gasteiger partial charge in [0.1, 0.15) is 37.1 Å². The molecule has 0 saturated carbocycles. The Labute approximate surface area is 300 Å². The summed E-state index contributed by atoms with van der Waals surface area (Å²) in [5.74, 6) is -3.67. The minimum absolute atomic E-state index is 0.0666. The van der Waals surface area contributed by atoms with Gasteiger partial charge in [-0.3, -0.25) is 24.0 Å². The highest BCUT2D eigenvalue weighted by atomic mass is 16.8. The fraction of sp³-hybridized carbons (Fsp3) is 0.528. The molecule has 16 heteroatoms. The summed E-state index contributed by atoms with van der Waals surface area (Å²) in [7, 11) is 0. The fourth-order valence-corrected chi connectivity index (χ4v) is 5.83. The number of aliphatic hydroxyl groups excluding tert-OH is 1. The summed E-state index contributed by atoms with van der Waals surface area (Å²) in [4.78, 5) is 61.1. The number of benzene rings is 2. The van der Waals surface area contributed by atoms with Crippen molar-refractivity contribution in [2.75, 3.05) is 13.2 Å². The van der Waals surface area contributed by atoms with Crippen molar-refractivity contribution in [1.82, 2.24) is 5.32 Å². The highest BCUT2D eigenvalue weighted by molar-refractivity contribution is 5.73. The van der Waals surface area contributed by atoms with Crippen LogP contribution in [0.4, 0.5) is 0 Å². The highest BCUT2D eigenvalue weighted by Crippen LogP contribution is 2.34. The van der Waals surface area contributed by atoms with E-state index in [1.807, 2.05) is 60.7 Å². The molecule has 2 N–H and O–H groups in total. The van der Waals surface area contributed by atoms with E-state index in [1.54, 1.807) is 0 Å². The summed E-state index contributed by atoms with van der Waals surface area (Å²) in [6.45, 7) is 5.26. The number of nitrogens with one attached hydrogen (secondary N) is 1. The van der Waals surface area contributed by atoms with Crippen molar-refractivity contribution in [3.63, 3.8) is 0 Å². The van der Waals surface area contributed by atoms with Crippen molar-refractivity contribution in [3.8, 4) is 0 Å². The van der Waals surface area contributed by atoms with E-state index in [-0.39, 0.29) is 19.8 Å². The molecule has 2 unspecified atom stereocenters. The molecule has 2 fully saturated rings. The molecule has 2 aliphatic rings. The van der Waals surface area contributed by atoms with E-state index in [0.717, 1.165) is 38.8 Å². The molecule has 2 aliphatic heterocycles. The molecular weight excluding hydrogens is 686 g/mol. The van der Waals surface area contributed by atoms with Crippen LogP contribution in [0, 0.1) is 0 Å². The maximum atomic E-state index is 12.4. The summed E-state index contributed by atoms with van der Waals surface area (Å²) in [5, 5.41) is 14.6. The highest BCUT2D eigenvalue weighted by Gasteiger charge is 2.56. The van der Waals surface area contributed by atoms with Gasteiger partial charge in [0, 0.05) is 34.6 Å². The third-order valence-corrected chi connectivity index (χ3v) is 7.93. The summed E-state index contributed by atoms with van der Waals surface area (Å²) >= 11 is 0. The first-order chi connectivity index (χ1) is 24.8. The molecule has 2 aromatic carbocycles. The number of rotatable bonds is 15. The van der Waals surface area contributed by atoms with Gasteiger partial charge in [-0.05, 0) is 11.1 Å². The van der Waals surface area contributed by atoms with E-state index >= 15 is 0 Å². The van der Waals surface area contributed by atoms with Gasteiger partial charge in [-0.15, -0.1) is 0 Å². The van der Waals surface area contributed by atoms with Crippen molar-refractivity contribution in [2.45, 2.75) is 109 Å². The predicted molar refractivity (Wildman–Crippen MR) is 176 cm³/mol. The quantitative estimate of drug-likeness (QED) is 0.197. The van der Waals surface area contributed by atoms with Crippen molar-refractivity contribution in [1.29, 1.82) is 0 Å². The first kappa shape index (κ1) is 40.3. The Balaban J connectivity index is 1.70. The molecule has 1 amide bonds. The van der Waals surface area contributed by atoms with Crippen LogP contribution in [-0.4, -0.2) is 109 Å². The molecule has 284 valence electrons. The van der Waals surface area contributed by atoms with Crippen LogP contribution in [0.3, 0.4) is 0 Å². The summed E-state index contributed by atoms with van der Waals surface area (Å²) in [6, 6.07) is 17.3. The van der Waals surface area contributed by atoms with Crippen LogP contribution < -0.4 is 5.32 Å². The normalized spacial score (nSPS) is 28.6. The predicted octanol–water partition coefficient (Wildman–Crippen LogP) is 1.48. The Morgan fingerprint density at radius 1 is 0.635 bits per heavy atom. The molecular formula is C36H45NO15. The zero-order chi connectivity index (χ0) is 37.8. The van der Waals surface area contributed by atoms with E-state index in [9.17, 15) is 29.1 Å². The van der Waals surface area contributed by atoms with Gasteiger partial charge in [-0.2, -0.15) is 0 Å². The van der Waals surface area contributed by atoms with Gasteiger partial charge in [0.15, 0.2) is 30.9 Å². The first-order valence-electron chi connectivity index (χ1n) is 16.7. The van der Waals surface area contributed by atoms with Crippen molar-refractivity contribution in [2.24, 2.45) is 0 Å². The molecule has 0 bridgehead atoms. The second kappa shape index (κ2) is 19.4. The molecule has 2 aromatic rings. The van der Waals surface area contributed by atoms with Crippen molar-refractivity contribution < 1.29 is 71.7 Å². The smallest absolute Gasteiger partial charge is 0.303 e. The number of hydrogen-bond donors (Lipinski definition) is 2. The minimum Gasteiger partial charge on any atom is -0.463 e. The number of esters is 4. The van der Waals surface area contributed by atoms with Gasteiger partial charge in [-0.1, -0.05) is 60.7 Å². The van der Waals surface area contributed by atoms with Crippen LogP contribution in [0.15, 0.2) is 60.7 Å². The summed E-state index contributed by atoms with van der Waals surface area (Å²) < 4.78 is 52.6. The molecule has 0 aliphatic carbocycles. The third kappa shape index (κ3) is 11.8. The Kier molecular flexibility index (Phi) is 15.0. The molecule has 52 heavy (non-hydrogen) atoms. The first-order valence-corrected chi connectivity index (χ1v) is 16.7. The zero-order valence-corrected chi connectivity index (χ0v) is 29.5. The molecule has 4 rings (SSSR count). The van der Waals surface area contributed by atoms with E-state index in [0.29, 0.717) is 0 Å². The van der Waals surface area contributed by atoms with Gasteiger partial charge < -0.3 is 53.1 Å². The topological polar surface area (TPSA) is 201 Å². The van der Waals surface area contributed by atoms with E-state index in [4.69, 9.17) is 42.6 Å². The molecule has 0 spiro atoms. The minimum atomic E-state index is -1.65. The number of carbonyl (C=O) groups is 5. The van der Waals surface area contributed by atoms with Gasteiger partial charge in [0.2, 0.25) is 5.91 Å². The van der Waals surface area contributed by atoms with Crippen molar-refractivity contribution >= 4 is 29.8 Å². The lowest BCUT2D eigenvalue weighted by Gasteiger charge is -2.48. The average molecular weight is 732 g/mol. The van der Waals surface area contributed by atoms with Crippen LogP contribution in [0.25, 0.3) is 0 Å². The molecule has 16 nitrogen and oxygen atoms in total. The molecule has 0 aromatic heterocycles. The van der Waals surface area contributed by atoms with Crippen LogP contribution in [0.1, 0.15) is 45.7 Å². The number of carbonyl (C=O) groups excluding carboxylic acids is 5. The van der Waals surface area contributed by atoms with Crippen LogP contribution >= 0.6 is 0 Å². The van der Waals surface area contributed by atoms with Crippen LogP contribution in [0.5, 0.6) is 0 Å². The van der Waals surface area contributed by atoms with Crippen LogP contribution in [-0.2, 0) is 79.8 Å². The lowest BCUT2D eigenvalue weighted by atomic mass is 9.95. The third-order valence-electron chi connectivity index (χ3n) is 7.93. The number of ether oxygens (including phenoxy) is 9. The standard InChI is InChI=1S/C36H45NO15/c1-20(38)37-29-30(43)31(27(18-44-16-25-12-8-6-9-13-25)50-35(29)46-17-26-14-10-7-11-15-26)52-36-34(49-24(5)42)33(48-23(4)41)32(47-22(3)40)28(51-36)19-45-21(2)39/h6-15,27-36,43H,16-19H2,1-5H3,(H,37,38)/t27?,28?,29-,30+,31+,32-,33-,34-,35-,36-/m0/s1. The number of amides is 1. The van der Waals surface area contributed by atoms with E-state index < -0.39 is 97.7 Å². The SMILES string of the molecule is CC(=O)N[C@@H]1[C@@H](OCc2ccccc2)OC(COCc2ccccc2)[C@@H](O[C@@H]2OC(COC(C)=O)[C@H](OC(C)=O)[C@H](OC(C)=O)[C@@H]2OC(C)=O)[C@@H]1O. The molecule has 0 radical (unpaired) electrons. The molecule has 10 atom stereocenters. The molecule has 2 heterocycles. The van der Waals surface area contributed by atoms with Crippen LogP contribution in [0.2, 0.25) is 0 Å². The van der Waals surface area contributed by atoms with Gasteiger partial charge in [0.05, 0.1) is 19.8 Å². The zero-order valence-electron chi connectivity index (χ0n) is 29.5. The van der Waals surface area contributed by atoms with Gasteiger partial charge in [0.25, 0.3) is 0 Å². The Morgan fingerprint density at radius 3 is 1.71 bits per heavy atom.